The molecule has 1 aliphatic carbocycles. The molecular weight excluding hydrogens is 406 g/mol. The Bertz CT molecular complexity index is 1100. The third kappa shape index (κ3) is 3.64. The van der Waals surface area contributed by atoms with Crippen LogP contribution in [0.15, 0.2) is 12.3 Å². The summed E-state index contributed by atoms with van der Waals surface area (Å²) in [5.41, 5.74) is 9.09. The van der Waals surface area contributed by atoms with E-state index in [2.05, 4.69) is 21.5 Å². The first-order valence-electron chi connectivity index (χ1n) is 11.7. The fourth-order valence-electron chi connectivity index (χ4n) is 4.81. The number of pyridine rings is 1. The summed E-state index contributed by atoms with van der Waals surface area (Å²) in [5, 5.41) is 5.78. The lowest BCUT2D eigenvalue weighted by atomic mass is 10.2. The van der Waals surface area contributed by atoms with Crippen LogP contribution in [-0.4, -0.2) is 57.6 Å². The number of aromatic nitrogens is 5. The first kappa shape index (κ1) is 20.9. The monoisotopic (exact) mass is 437 g/mol. The van der Waals surface area contributed by atoms with E-state index in [0.717, 1.165) is 60.5 Å². The number of aryl methyl sites for hydroxylation is 1. The first-order chi connectivity index (χ1) is 15.7. The SMILES string of the molecule is CCOc1c(-c2nc(N)c3c(CC)nn(C4CCCC4)c3n2)ccnc1N1CCOCC1. The number of rotatable bonds is 6. The van der Waals surface area contributed by atoms with Gasteiger partial charge in [0.15, 0.2) is 23.0 Å². The van der Waals surface area contributed by atoms with Crippen molar-refractivity contribution in [3.05, 3.63) is 18.0 Å². The summed E-state index contributed by atoms with van der Waals surface area (Å²) < 4.78 is 13.7. The molecule has 2 aliphatic rings. The second-order valence-corrected chi connectivity index (χ2v) is 8.36. The molecule has 5 rings (SSSR count). The smallest absolute Gasteiger partial charge is 0.172 e. The van der Waals surface area contributed by atoms with Crippen molar-refractivity contribution in [1.82, 2.24) is 24.7 Å². The van der Waals surface area contributed by atoms with Gasteiger partial charge in [-0.2, -0.15) is 5.10 Å². The van der Waals surface area contributed by atoms with E-state index >= 15 is 0 Å². The largest absolute Gasteiger partial charge is 0.489 e. The van der Waals surface area contributed by atoms with Gasteiger partial charge in [-0.3, -0.25) is 0 Å². The van der Waals surface area contributed by atoms with Crippen molar-refractivity contribution in [3.63, 3.8) is 0 Å². The number of nitrogens with zero attached hydrogens (tertiary/aromatic N) is 6. The van der Waals surface area contributed by atoms with Gasteiger partial charge in [0.25, 0.3) is 0 Å². The Morgan fingerprint density at radius 1 is 1.16 bits per heavy atom. The maximum absolute atomic E-state index is 6.50. The molecule has 0 spiro atoms. The van der Waals surface area contributed by atoms with Gasteiger partial charge in [-0.25, -0.2) is 19.6 Å². The lowest BCUT2D eigenvalue weighted by molar-refractivity contribution is 0.122. The van der Waals surface area contributed by atoms with Crippen LogP contribution in [0.1, 0.15) is 51.3 Å². The Morgan fingerprint density at radius 3 is 2.66 bits per heavy atom. The highest BCUT2D eigenvalue weighted by Gasteiger charge is 2.26. The zero-order valence-corrected chi connectivity index (χ0v) is 18.9. The van der Waals surface area contributed by atoms with Crippen molar-refractivity contribution in [2.45, 2.75) is 52.0 Å². The number of anilines is 2. The van der Waals surface area contributed by atoms with E-state index in [4.69, 9.17) is 30.3 Å². The minimum atomic E-state index is 0.368. The van der Waals surface area contributed by atoms with Crippen molar-refractivity contribution in [1.29, 1.82) is 0 Å². The van der Waals surface area contributed by atoms with Crippen molar-refractivity contribution in [2.24, 2.45) is 0 Å². The standard InChI is InChI=1S/C23H31N7O2/c1-3-17-18-20(24)26-21(27-22(18)30(28-17)15-7-5-6-8-15)16-9-10-25-23(19(16)32-4-2)29-11-13-31-14-12-29/h9-10,15H,3-8,11-14H2,1-2H3,(H2,24,26,27). The van der Waals surface area contributed by atoms with Gasteiger partial charge < -0.3 is 20.1 Å². The fourth-order valence-corrected chi connectivity index (χ4v) is 4.81. The molecule has 1 aliphatic heterocycles. The van der Waals surface area contributed by atoms with Gasteiger partial charge in [0.2, 0.25) is 0 Å². The number of morpholine rings is 1. The number of fused-ring (bicyclic) bond motifs is 1. The van der Waals surface area contributed by atoms with E-state index in [0.29, 0.717) is 43.3 Å². The molecule has 3 aromatic rings. The number of hydrogen-bond donors (Lipinski definition) is 1. The minimum Gasteiger partial charge on any atom is -0.489 e. The van der Waals surface area contributed by atoms with E-state index in [-0.39, 0.29) is 0 Å². The zero-order chi connectivity index (χ0) is 22.1. The molecule has 170 valence electrons. The van der Waals surface area contributed by atoms with E-state index in [1.165, 1.54) is 12.8 Å². The van der Waals surface area contributed by atoms with Crippen LogP contribution in [0.5, 0.6) is 5.75 Å². The fraction of sp³-hybridized carbons (Fsp3) is 0.565. The predicted octanol–water partition coefficient (Wildman–Crippen LogP) is 3.38. The average molecular weight is 438 g/mol. The van der Waals surface area contributed by atoms with Crippen LogP contribution >= 0.6 is 0 Å². The summed E-state index contributed by atoms with van der Waals surface area (Å²) in [6.45, 7) is 7.48. The molecule has 0 aromatic carbocycles. The van der Waals surface area contributed by atoms with Crippen LogP contribution in [0.25, 0.3) is 22.4 Å². The van der Waals surface area contributed by atoms with Gasteiger partial charge in [0, 0.05) is 19.3 Å². The Kier molecular flexibility index (Phi) is 5.82. The van der Waals surface area contributed by atoms with E-state index in [9.17, 15) is 0 Å². The maximum atomic E-state index is 6.50. The van der Waals surface area contributed by atoms with Crippen LogP contribution in [0.3, 0.4) is 0 Å². The molecule has 4 heterocycles. The van der Waals surface area contributed by atoms with Gasteiger partial charge in [-0.15, -0.1) is 0 Å². The Morgan fingerprint density at radius 2 is 1.94 bits per heavy atom. The van der Waals surface area contributed by atoms with Crippen LogP contribution in [0, 0.1) is 0 Å². The number of nitrogen functional groups attached to an aromatic ring is 1. The first-order valence-corrected chi connectivity index (χ1v) is 11.7. The van der Waals surface area contributed by atoms with Crippen LogP contribution in [-0.2, 0) is 11.2 Å². The van der Waals surface area contributed by atoms with Crippen LogP contribution in [0.2, 0.25) is 0 Å². The summed E-state index contributed by atoms with van der Waals surface area (Å²) in [4.78, 5) is 16.5. The van der Waals surface area contributed by atoms with Crippen LogP contribution < -0.4 is 15.4 Å². The second-order valence-electron chi connectivity index (χ2n) is 8.36. The molecular formula is C23H31N7O2. The molecule has 2 N–H and O–H groups in total. The summed E-state index contributed by atoms with van der Waals surface area (Å²) >= 11 is 0. The second kappa shape index (κ2) is 8.90. The third-order valence-corrected chi connectivity index (χ3v) is 6.38. The van der Waals surface area contributed by atoms with Gasteiger partial charge in [0.1, 0.15) is 5.82 Å². The summed E-state index contributed by atoms with van der Waals surface area (Å²) in [6.07, 6.45) is 7.28. The lowest BCUT2D eigenvalue weighted by Gasteiger charge is -2.29. The lowest BCUT2D eigenvalue weighted by Crippen LogP contribution is -2.37. The molecule has 0 atom stereocenters. The van der Waals surface area contributed by atoms with Gasteiger partial charge in [-0.1, -0.05) is 19.8 Å². The Balaban J connectivity index is 1.66. The molecule has 2 fully saturated rings. The van der Waals surface area contributed by atoms with Gasteiger partial charge >= 0.3 is 0 Å². The Labute approximate surface area is 187 Å². The molecule has 0 amide bonds. The zero-order valence-electron chi connectivity index (χ0n) is 18.9. The molecule has 9 heteroatoms. The highest BCUT2D eigenvalue weighted by Crippen LogP contribution is 2.39. The van der Waals surface area contributed by atoms with Crippen molar-refractivity contribution < 1.29 is 9.47 Å². The predicted molar refractivity (Wildman–Crippen MR) is 124 cm³/mol. The number of nitrogens with two attached hydrogens (primary N) is 1. The molecule has 0 radical (unpaired) electrons. The minimum absolute atomic E-state index is 0.368. The Hall–Kier alpha value is -2.94. The van der Waals surface area contributed by atoms with E-state index in [1.54, 1.807) is 6.20 Å². The summed E-state index contributed by atoms with van der Waals surface area (Å²) in [6, 6.07) is 2.28. The van der Waals surface area contributed by atoms with Crippen molar-refractivity contribution in [3.8, 4) is 17.1 Å². The highest BCUT2D eigenvalue weighted by molar-refractivity contribution is 5.90. The number of ether oxygens (including phenoxy) is 2. The van der Waals surface area contributed by atoms with E-state index in [1.807, 2.05) is 13.0 Å². The topological polar surface area (TPSA) is 104 Å². The molecule has 0 unspecified atom stereocenters. The van der Waals surface area contributed by atoms with Crippen molar-refractivity contribution >= 4 is 22.7 Å². The normalized spacial score (nSPS) is 17.4. The molecule has 1 saturated carbocycles. The quantitative estimate of drug-likeness (QED) is 0.626. The van der Waals surface area contributed by atoms with Crippen molar-refractivity contribution in [2.75, 3.05) is 43.5 Å². The van der Waals surface area contributed by atoms with Crippen LogP contribution in [0.4, 0.5) is 11.6 Å². The molecule has 32 heavy (non-hydrogen) atoms. The van der Waals surface area contributed by atoms with Gasteiger partial charge in [-0.05, 0) is 32.3 Å². The molecule has 1 saturated heterocycles. The average Bonchev–Trinajstić information content (AvgIpc) is 3.48. The maximum Gasteiger partial charge on any atom is 0.172 e. The molecule has 0 bridgehead atoms. The van der Waals surface area contributed by atoms with Gasteiger partial charge in [0.05, 0.1) is 42.5 Å². The summed E-state index contributed by atoms with van der Waals surface area (Å²) in [7, 11) is 0. The summed E-state index contributed by atoms with van der Waals surface area (Å²) in [5.74, 6) is 2.52. The molecule has 3 aromatic heterocycles. The number of hydrogen-bond acceptors (Lipinski definition) is 8. The molecule has 9 nitrogen and oxygen atoms in total. The van der Waals surface area contributed by atoms with E-state index < -0.39 is 0 Å². The highest BCUT2D eigenvalue weighted by atomic mass is 16.5. The third-order valence-electron chi connectivity index (χ3n) is 6.38.